The first-order valence-electron chi connectivity index (χ1n) is 10.2. The Morgan fingerprint density at radius 3 is 2.50 bits per heavy atom. The van der Waals surface area contributed by atoms with Crippen molar-refractivity contribution in [3.05, 3.63) is 35.9 Å². The van der Waals surface area contributed by atoms with Gasteiger partial charge in [0.1, 0.15) is 6.61 Å². The molecule has 2 aliphatic heterocycles. The maximum absolute atomic E-state index is 12.3. The molecule has 1 amide bonds. The van der Waals surface area contributed by atoms with Gasteiger partial charge in [0, 0.05) is 45.3 Å². The number of benzene rings is 1. The van der Waals surface area contributed by atoms with Crippen LogP contribution in [0.15, 0.2) is 30.3 Å². The molecule has 26 heavy (non-hydrogen) atoms. The van der Waals surface area contributed by atoms with Gasteiger partial charge in [-0.15, -0.1) is 0 Å². The SMILES string of the molecule is O=C(OCc1ccccc1)N1CCN(C[C@@H]2CCCN(C3CC3)C2)CC1. The molecule has 5 heteroatoms. The molecule has 1 aromatic rings. The molecule has 0 spiro atoms. The topological polar surface area (TPSA) is 36.0 Å². The van der Waals surface area contributed by atoms with E-state index in [4.69, 9.17) is 4.74 Å². The van der Waals surface area contributed by atoms with Gasteiger partial charge in [0.25, 0.3) is 0 Å². The Hall–Kier alpha value is -1.59. The summed E-state index contributed by atoms with van der Waals surface area (Å²) in [7, 11) is 0. The Bertz CT molecular complexity index is 582. The fourth-order valence-corrected chi connectivity index (χ4v) is 4.31. The molecule has 0 radical (unpaired) electrons. The summed E-state index contributed by atoms with van der Waals surface area (Å²) in [6.45, 7) is 7.65. The lowest BCUT2D eigenvalue weighted by atomic mass is 9.97. The molecule has 1 atom stereocenters. The smallest absolute Gasteiger partial charge is 0.410 e. The molecule has 0 N–H and O–H groups in total. The zero-order chi connectivity index (χ0) is 17.8. The lowest BCUT2D eigenvalue weighted by molar-refractivity contribution is 0.0603. The summed E-state index contributed by atoms with van der Waals surface area (Å²) in [5.74, 6) is 0.806. The van der Waals surface area contributed by atoms with Crippen LogP contribution < -0.4 is 0 Å². The quantitative estimate of drug-likeness (QED) is 0.812. The highest BCUT2D eigenvalue weighted by molar-refractivity contribution is 5.67. The van der Waals surface area contributed by atoms with E-state index in [2.05, 4.69) is 9.80 Å². The third-order valence-corrected chi connectivity index (χ3v) is 5.97. The fourth-order valence-electron chi connectivity index (χ4n) is 4.31. The van der Waals surface area contributed by atoms with E-state index in [-0.39, 0.29) is 6.09 Å². The molecule has 0 bridgehead atoms. The van der Waals surface area contributed by atoms with Crippen LogP contribution in [0.4, 0.5) is 4.79 Å². The van der Waals surface area contributed by atoms with Crippen LogP contribution in [0.1, 0.15) is 31.2 Å². The number of hydrogen-bond acceptors (Lipinski definition) is 4. The zero-order valence-electron chi connectivity index (χ0n) is 15.7. The highest BCUT2D eigenvalue weighted by Gasteiger charge is 2.33. The molecule has 142 valence electrons. The molecular formula is C21H31N3O2. The number of carbonyl (C=O) groups excluding carboxylic acids is 1. The first-order chi connectivity index (χ1) is 12.8. The first-order valence-corrected chi connectivity index (χ1v) is 10.2. The van der Waals surface area contributed by atoms with Crippen molar-refractivity contribution < 1.29 is 9.53 Å². The van der Waals surface area contributed by atoms with Crippen molar-refractivity contribution in [1.29, 1.82) is 0 Å². The second-order valence-electron chi connectivity index (χ2n) is 8.06. The number of ether oxygens (including phenoxy) is 1. The molecule has 5 nitrogen and oxygen atoms in total. The van der Waals surface area contributed by atoms with E-state index in [1.807, 2.05) is 35.2 Å². The van der Waals surface area contributed by atoms with E-state index in [0.29, 0.717) is 6.61 Å². The molecule has 1 saturated carbocycles. The standard InChI is InChI=1S/C21H31N3O2/c25-21(26-17-18-5-2-1-3-6-18)23-13-11-22(12-14-23)15-19-7-4-10-24(16-19)20-8-9-20/h1-3,5-6,19-20H,4,7-17H2/t19-/m0/s1. The minimum absolute atomic E-state index is 0.175. The summed E-state index contributed by atoms with van der Waals surface area (Å²) in [5, 5.41) is 0. The van der Waals surface area contributed by atoms with Crippen LogP contribution in [0.25, 0.3) is 0 Å². The van der Waals surface area contributed by atoms with Gasteiger partial charge in [0.05, 0.1) is 0 Å². The van der Waals surface area contributed by atoms with Crippen LogP contribution in [0.5, 0.6) is 0 Å². The number of nitrogens with zero attached hydrogens (tertiary/aromatic N) is 3. The normalized spacial score (nSPS) is 25.2. The van der Waals surface area contributed by atoms with Crippen molar-refractivity contribution in [3.8, 4) is 0 Å². The summed E-state index contributed by atoms with van der Waals surface area (Å²) in [6.07, 6.45) is 5.37. The zero-order valence-corrected chi connectivity index (χ0v) is 15.7. The molecule has 0 unspecified atom stereocenters. The fraction of sp³-hybridized carbons (Fsp3) is 0.667. The van der Waals surface area contributed by atoms with E-state index in [1.54, 1.807) is 0 Å². The number of amides is 1. The summed E-state index contributed by atoms with van der Waals surface area (Å²) >= 11 is 0. The summed E-state index contributed by atoms with van der Waals surface area (Å²) in [5.41, 5.74) is 1.04. The molecule has 2 heterocycles. The molecule has 3 aliphatic rings. The Morgan fingerprint density at radius 1 is 1.00 bits per heavy atom. The van der Waals surface area contributed by atoms with Crippen LogP contribution in [-0.4, -0.2) is 72.6 Å². The van der Waals surface area contributed by atoms with Gasteiger partial charge in [-0.1, -0.05) is 30.3 Å². The molecule has 3 fully saturated rings. The van der Waals surface area contributed by atoms with Crippen LogP contribution in [0.3, 0.4) is 0 Å². The predicted octanol–water partition coefficient (Wildman–Crippen LogP) is 2.82. The van der Waals surface area contributed by atoms with Crippen molar-refractivity contribution in [2.75, 3.05) is 45.8 Å². The minimum Gasteiger partial charge on any atom is -0.445 e. The Balaban J connectivity index is 1.17. The van der Waals surface area contributed by atoms with E-state index in [9.17, 15) is 4.79 Å². The van der Waals surface area contributed by atoms with Gasteiger partial charge >= 0.3 is 6.09 Å². The van der Waals surface area contributed by atoms with Crippen molar-refractivity contribution in [2.24, 2.45) is 5.92 Å². The van der Waals surface area contributed by atoms with Crippen LogP contribution >= 0.6 is 0 Å². The highest BCUT2D eigenvalue weighted by atomic mass is 16.6. The van der Waals surface area contributed by atoms with Gasteiger partial charge in [-0.3, -0.25) is 4.90 Å². The first kappa shape index (κ1) is 17.8. The van der Waals surface area contributed by atoms with E-state index < -0.39 is 0 Å². The van der Waals surface area contributed by atoms with Gasteiger partial charge in [0.2, 0.25) is 0 Å². The maximum Gasteiger partial charge on any atom is 0.410 e. The van der Waals surface area contributed by atoms with Gasteiger partial charge in [0.15, 0.2) is 0 Å². The van der Waals surface area contributed by atoms with Gasteiger partial charge in [-0.25, -0.2) is 4.79 Å². The van der Waals surface area contributed by atoms with Gasteiger partial charge in [-0.2, -0.15) is 0 Å². The van der Waals surface area contributed by atoms with Crippen molar-refractivity contribution in [3.63, 3.8) is 0 Å². The van der Waals surface area contributed by atoms with Crippen LogP contribution in [0.2, 0.25) is 0 Å². The summed E-state index contributed by atoms with van der Waals surface area (Å²) in [6, 6.07) is 10.8. The second-order valence-corrected chi connectivity index (χ2v) is 8.06. The van der Waals surface area contributed by atoms with E-state index in [0.717, 1.165) is 43.7 Å². The number of rotatable bonds is 5. The van der Waals surface area contributed by atoms with Crippen LogP contribution in [0, 0.1) is 5.92 Å². The van der Waals surface area contributed by atoms with E-state index in [1.165, 1.54) is 45.3 Å². The largest absolute Gasteiger partial charge is 0.445 e. The minimum atomic E-state index is -0.175. The molecule has 2 saturated heterocycles. The average Bonchev–Trinajstić information content (AvgIpc) is 3.53. The highest BCUT2D eigenvalue weighted by Crippen LogP contribution is 2.31. The van der Waals surface area contributed by atoms with Crippen molar-refractivity contribution in [1.82, 2.24) is 14.7 Å². The lowest BCUT2D eigenvalue weighted by Gasteiger charge is -2.39. The number of likely N-dealkylation sites (tertiary alicyclic amines) is 1. The second kappa shape index (κ2) is 8.40. The van der Waals surface area contributed by atoms with Gasteiger partial charge < -0.3 is 14.5 Å². The summed E-state index contributed by atoms with van der Waals surface area (Å²) < 4.78 is 5.46. The monoisotopic (exact) mass is 357 g/mol. The number of carbonyl (C=O) groups is 1. The van der Waals surface area contributed by atoms with Crippen molar-refractivity contribution >= 4 is 6.09 Å². The van der Waals surface area contributed by atoms with Crippen LogP contribution in [-0.2, 0) is 11.3 Å². The molecular weight excluding hydrogens is 326 g/mol. The molecule has 1 aromatic carbocycles. The maximum atomic E-state index is 12.3. The lowest BCUT2D eigenvalue weighted by Crippen LogP contribution is -2.51. The number of piperazine rings is 1. The average molecular weight is 357 g/mol. The Morgan fingerprint density at radius 2 is 1.77 bits per heavy atom. The Kier molecular flexibility index (Phi) is 5.75. The molecule has 0 aromatic heterocycles. The molecule has 1 aliphatic carbocycles. The Labute approximate surface area is 156 Å². The third-order valence-electron chi connectivity index (χ3n) is 5.97. The van der Waals surface area contributed by atoms with Crippen molar-refractivity contribution in [2.45, 2.75) is 38.3 Å². The van der Waals surface area contributed by atoms with Gasteiger partial charge in [-0.05, 0) is 43.7 Å². The third kappa shape index (κ3) is 4.77. The molecule has 4 rings (SSSR count). The predicted molar refractivity (Wildman–Crippen MR) is 102 cm³/mol. The summed E-state index contributed by atoms with van der Waals surface area (Å²) in [4.78, 5) is 19.4. The number of piperidine rings is 1. The number of hydrogen-bond donors (Lipinski definition) is 0. The van der Waals surface area contributed by atoms with E-state index >= 15 is 0 Å².